The van der Waals surface area contributed by atoms with E-state index in [4.69, 9.17) is 0 Å². The van der Waals surface area contributed by atoms with Crippen molar-refractivity contribution in [3.8, 4) is 0 Å². The number of imidazole rings is 1. The van der Waals surface area contributed by atoms with Crippen molar-refractivity contribution >= 4 is 16.9 Å². The normalized spacial score (nSPS) is 12.4. The van der Waals surface area contributed by atoms with Crippen LogP contribution in [0, 0.1) is 25.5 Å². The van der Waals surface area contributed by atoms with Gasteiger partial charge in [0.1, 0.15) is 18.2 Å². The summed E-state index contributed by atoms with van der Waals surface area (Å²) in [4.78, 5) is 16.6. The third-order valence-electron chi connectivity index (χ3n) is 4.36. The number of hydrogen-bond donors (Lipinski definition) is 1. The Kier molecular flexibility index (Phi) is 4.53. The number of benzene rings is 2. The molecular weight excluding hydrogens is 324 g/mol. The Bertz CT molecular complexity index is 949. The minimum atomic E-state index is -0.674. The summed E-state index contributed by atoms with van der Waals surface area (Å²) in [7, 11) is 0. The minimum Gasteiger partial charge on any atom is -0.348 e. The van der Waals surface area contributed by atoms with E-state index in [9.17, 15) is 13.6 Å². The highest BCUT2D eigenvalue weighted by Crippen LogP contribution is 2.20. The molecule has 4 nitrogen and oxygen atoms in total. The Labute approximate surface area is 144 Å². The van der Waals surface area contributed by atoms with E-state index >= 15 is 0 Å². The average molecular weight is 343 g/mol. The minimum absolute atomic E-state index is 0.0756. The number of amides is 1. The molecule has 1 heterocycles. The van der Waals surface area contributed by atoms with Crippen LogP contribution in [0.1, 0.15) is 29.7 Å². The molecule has 0 bridgehead atoms. The maximum absolute atomic E-state index is 13.8. The number of carbonyl (C=O) groups excluding carboxylic acids is 1. The zero-order valence-electron chi connectivity index (χ0n) is 14.3. The first-order valence-corrected chi connectivity index (χ1v) is 8.01. The van der Waals surface area contributed by atoms with Crippen LogP contribution >= 0.6 is 0 Å². The fraction of sp³-hybridized carbons (Fsp3) is 0.263. The first-order valence-electron chi connectivity index (χ1n) is 8.01. The lowest BCUT2D eigenvalue weighted by Crippen LogP contribution is -2.30. The number of carbonyl (C=O) groups is 1. The number of halogens is 2. The van der Waals surface area contributed by atoms with E-state index in [0.717, 1.165) is 28.2 Å². The zero-order chi connectivity index (χ0) is 18.1. The molecule has 0 spiro atoms. The van der Waals surface area contributed by atoms with Crippen molar-refractivity contribution in [3.05, 3.63) is 65.0 Å². The molecule has 1 unspecified atom stereocenters. The summed E-state index contributed by atoms with van der Waals surface area (Å²) < 4.78 is 28.6. The van der Waals surface area contributed by atoms with Gasteiger partial charge in [-0.3, -0.25) is 4.79 Å². The molecule has 3 aromatic rings. The van der Waals surface area contributed by atoms with Gasteiger partial charge in [0.25, 0.3) is 0 Å². The molecule has 0 fully saturated rings. The lowest BCUT2D eigenvalue weighted by molar-refractivity contribution is -0.122. The van der Waals surface area contributed by atoms with E-state index in [2.05, 4.69) is 10.3 Å². The molecule has 2 aromatic carbocycles. The molecule has 3 rings (SSSR count). The van der Waals surface area contributed by atoms with Crippen LogP contribution < -0.4 is 5.32 Å². The van der Waals surface area contributed by atoms with E-state index < -0.39 is 17.7 Å². The number of rotatable bonds is 4. The number of hydrogen-bond acceptors (Lipinski definition) is 2. The Balaban J connectivity index is 1.75. The van der Waals surface area contributed by atoms with Gasteiger partial charge < -0.3 is 9.88 Å². The van der Waals surface area contributed by atoms with Crippen LogP contribution in [0.2, 0.25) is 0 Å². The number of nitrogens with one attached hydrogen (secondary N) is 1. The van der Waals surface area contributed by atoms with Gasteiger partial charge in [-0.15, -0.1) is 0 Å². The van der Waals surface area contributed by atoms with Crippen molar-refractivity contribution in [2.24, 2.45) is 0 Å². The van der Waals surface area contributed by atoms with E-state index in [1.165, 1.54) is 12.1 Å². The van der Waals surface area contributed by atoms with Crippen molar-refractivity contribution in [2.45, 2.75) is 33.4 Å². The quantitative estimate of drug-likeness (QED) is 0.783. The first-order chi connectivity index (χ1) is 11.8. The van der Waals surface area contributed by atoms with E-state index in [0.29, 0.717) is 0 Å². The van der Waals surface area contributed by atoms with Crippen LogP contribution in [0.5, 0.6) is 0 Å². The molecule has 0 saturated carbocycles. The summed E-state index contributed by atoms with van der Waals surface area (Å²) in [6, 6.07) is 6.74. The number of fused-ring (bicyclic) bond motifs is 1. The van der Waals surface area contributed by atoms with Crippen molar-refractivity contribution in [1.82, 2.24) is 14.9 Å². The van der Waals surface area contributed by atoms with Crippen LogP contribution in [0.15, 0.2) is 36.7 Å². The van der Waals surface area contributed by atoms with Crippen molar-refractivity contribution < 1.29 is 13.6 Å². The van der Waals surface area contributed by atoms with Crippen LogP contribution in [0.3, 0.4) is 0 Å². The lowest BCUT2D eigenvalue weighted by Gasteiger charge is -2.15. The molecule has 1 atom stereocenters. The zero-order valence-corrected chi connectivity index (χ0v) is 14.3. The molecule has 0 aliphatic heterocycles. The Morgan fingerprint density at radius 1 is 1.20 bits per heavy atom. The molecule has 1 amide bonds. The van der Waals surface area contributed by atoms with Gasteiger partial charge in [-0.25, -0.2) is 13.8 Å². The smallest absolute Gasteiger partial charge is 0.240 e. The predicted molar refractivity (Wildman–Crippen MR) is 92.1 cm³/mol. The second-order valence-electron chi connectivity index (χ2n) is 6.25. The Morgan fingerprint density at radius 2 is 1.92 bits per heavy atom. The SMILES string of the molecule is Cc1cc2ncn(CC(=O)NC(C)c3ccc(F)cc3F)c2cc1C. The standard InChI is InChI=1S/C19H19F2N3O/c1-11-6-17-18(7-12(11)2)24(10-22-17)9-19(25)23-13(3)15-5-4-14(20)8-16(15)21/h4-8,10,13H,9H2,1-3H3,(H,23,25). The van der Waals surface area contributed by atoms with Crippen molar-refractivity contribution in [3.63, 3.8) is 0 Å². The van der Waals surface area contributed by atoms with Gasteiger partial charge in [-0.1, -0.05) is 6.07 Å². The molecule has 130 valence electrons. The average Bonchev–Trinajstić information content (AvgIpc) is 2.89. The van der Waals surface area contributed by atoms with E-state index in [1.54, 1.807) is 17.8 Å². The highest BCUT2D eigenvalue weighted by Gasteiger charge is 2.15. The summed E-state index contributed by atoms with van der Waals surface area (Å²) in [5, 5.41) is 2.74. The largest absolute Gasteiger partial charge is 0.348 e. The highest BCUT2D eigenvalue weighted by atomic mass is 19.1. The van der Waals surface area contributed by atoms with E-state index in [1.807, 2.05) is 26.0 Å². The lowest BCUT2D eigenvalue weighted by atomic mass is 10.1. The molecule has 6 heteroatoms. The van der Waals surface area contributed by atoms with Crippen LogP contribution in [0.4, 0.5) is 8.78 Å². The summed E-state index contributed by atoms with van der Waals surface area (Å²) in [6.45, 7) is 5.75. The molecular formula is C19H19F2N3O. The Morgan fingerprint density at radius 3 is 2.64 bits per heavy atom. The molecule has 1 N–H and O–H groups in total. The fourth-order valence-corrected chi connectivity index (χ4v) is 2.81. The molecule has 0 aliphatic carbocycles. The van der Waals surface area contributed by atoms with Gasteiger partial charge in [0.15, 0.2) is 0 Å². The summed E-state index contributed by atoms with van der Waals surface area (Å²) >= 11 is 0. The number of aryl methyl sites for hydroxylation is 2. The molecule has 25 heavy (non-hydrogen) atoms. The molecule has 0 aliphatic rings. The fourth-order valence-electron chi connectivity index (χ4n) is 2.81. The number of aromatic nitrogens is 2. The van der Waals surface area contributed by atoms with Crippen molar-refractivity contribution in [1.29, 1.82) is 0 Å². The Hall–Kier alpha value is -2.76. The molecule has 0 radical (unpaired) electrons. The maximum Gasteiger partial charge on any atom is 0.240 e. The topological polar surface area (TPSA) is 46.9 Å². The molecule has 0 saturated heterocycles. The van der Waals surface area contributed by atoms with Gasteiger partial charge in [0.2, 0.25) is 5.91 Å². The van der Waals surface area contributed by atoms with Crippen LogP contribution in [-0.4, -0.2) is 15.5 Å². The molecule has 1 aromatic heterocycles. The van der Waals surface area contributed by atoms with Gasteiger partial charge in [0, 0.05) is 11.6 Å². The third kappa shape index (κ3) is 3.52. The van der Waals surface area contributed by atoms with Crippen LogP contribution in [0.25, 0.3) is 11.0 Å². The highest BCUT2D eigenvalue weighted by molar-refractivity contribution is 5.81. The second-order valence-corrected chi connectivity index (χ2v) is 6.25. The monoisotopic (exact) mass is 343 g/mol. The number of nitrogens with zero attached hydrogens (tertiary/aromatic N) is 2. The predicted octanol–water partition coefficient (Wildman–Crippen LogP) is 3.81. The van der Waals surface area contributed by atoms with Gasteiger partial charge >= 0.3 is 0 Å². The van der Waals surface area contributed by atoms with Gasteiger partial charge in [-0.05, 0) is 50.1 Å². The first kappa shape index (κ1) is 17.1. The van der Waals surface area contributed by atoms with Crippen molar-refractivity contribution in [2.75, 3.05) is 0 Å². The third-order valence-corrected chi connectivity index (χ3v) is 4.36. The summed E-state index contributed by atoms with van der Waals surface area (Å²) in [5.74, 6) is -1.59. The summed E-state index contributed by atoms with van der Waals surface area (Å²) in [5.41, 5.74) is 4.21. The van der Waals surface area contributed by atoms with Gasteiger partial charge in [-0.2, -0.15) is 0 Å². The van der Waals surface area contributed by atoms with E-state index in [-0.39, 0.29) is 18.0 Å². The maximum atomic E-state index is 13.8. The second kappa shape index (κ2) is 6.63. The van der Waals surface area contributed by atoms with Gasteiger partial charge in [0.05, 0.1) is 23.4 Å². The summed E-state index contributed by atoms with van der Waals surface area (Å²) in [6.07, 6.45) is 1.62. The van der Waals surface area contributed by atoms with Crippen LogP contribution in [-0.2, 0) is 11.3 Å².